The fourth-order valence-electron chi connectivity index (χ4n) is 4.03. The van der Waals surface area contributed by atoms with Crippen molar-refractivity contribution < 1.29 is 3.07 Å². The molecule has 0 amide bonds. The Balaban J connectivity index is 1.91. The maximum absolute atomic E-state index is 6.79. The van der Waals surface area contributed by atoms with Gasteiger partial charge in [0, 0.05) is 0 Å². The first-order valence-electron chi connectivity index (χ1n) is 11.5. The van der Waals surface area contributed by atoms with E-state index in [1.165, 1.54) is 62.8 Å². The number of aromatic nitrogens is 1. The summed E-state index contributed by atoms with van der Waals surface area (Å²) >= 11 is 3.83. The molecular weight excluding hydrogens is 486 g/mol. The van der Waals surface area contributed by atoms with E-state index in [9.17, 15) is 0 Å². The molecule has 162 valence electrons. The van der Waals surface area contributed by atoms with E-state index in [2.05, 4.69) is 31.1 Å². The van der Waals surface area contributed by atoms with Crippen LogP contribution in [0.1, 0.15) is 64.9 Å². The SMILES string of the molecule is CCC[CH2][Sn]([CH2]CCC)([CH2]CCC)[O]CCNCc1cc(Cl)cc2ccncc12. The number of nitrogens with one attached hydrogen (secondary N) is 1. The molecule has 0 aliphatic carbocycles. The van der Waals surface area contributed by atoms with Gasteiger partial charge in [0.05, 0.1) is 0 Å². The third kappa shape index (κ3) is 8.35. The van der Waals surface area contributed by atoms with Gasteiger partial charge in [-0.2, -0.15) is 0 Å². The van der Waals surface area contributed by atoms with Crippen molar-refractivity contribution in [3.63, 3.8) is 0 Å². The van der Waals surface area contributed by atoms with E-state index in [0.717, 1.165) is 30.1 Å². The van der Waals surface area contributed by atoms with Crippen molar-refractivity contribution in [2.24, 2.45) is 0 Å². The van der Waals surface area contributed by atoms with Gasteiger partial charge in [-0.05, 0) is 0 Å². The number of nitrogens with zero attached hydrogens (tertiary/aromatic N) is 1. The summed E-state index contributed by atoms with van der Waals surface area (Å²) in [5.41, 5.74) is 1.21. The standard InChI is InChI=1S/C12H12ClN2O.3C4H9.Sn/c13-11-5-9-1-2-14-8-12(9)10(6-11)7-15-3-4-16;3*1-3-4-2;/h1-2,5-6,8,15H,3-4,7H2;3*1,3-4H2,2H3;/q-1;;;;+1. The number of halogens is 1. The van der Waals surface area contributed by atoms with Crippen LogP contribution in [0.4, 0.5) is 0 Å². The van der Waals surface area contributed by atoms with Crippen molar-refractivity contribution in [3.8, 4) is 0 Å². The minimum absolute atomic E-state index is 0.783. The Kier molecular flexibility index (Phi) is 11.9. The van der Waals surface area contributed by atoms with E-state index in [1.807, 2.05) is 30.6 Å². The summed E-state index contributed by atoms with van der Waals surface area (Å²) in [5, 5.41) is 6.69. The quantitative estimate of drug-likeness (QED) is 0.195. The summed E-state index contributed by atoms with van der Waals surface area (Å²) in [4.78, 5) is 4.28. The molecule has 3 nitrogen and oxygen atoms in total. The number of unbranched alkanes of at least 4 members (excludes halogenated alkanes) is 3. The summed E-state index contributed by atoms with van der Waals surface area (Å²) in [6.45, 7) is 9.47. The molecule has 0 bridgehead atoms. The Morgan fingerprint density at radius 1 is 1.00 bits per heavy atom. The van der Waals surface area contributed by atoms with Crippen LogP contribution >= 0.6 is 11.6 Å². The predicted molar refractivity (Wildman–Crippen MR) is 129 cm³/mol. The second-order valence-corrected chi connectivity index (χ2v) is 20.5. The van der Waals surface area contributed by atoms with E-state index in [4.69, 9.17) is 14.7 Å². The van der Waals surface area contributed by atoms with Crippen LogP contribution in [-0.2, 0) is 9.62 Å². The summed E-state index contributed by atoms with van der Waals surface area (Å²) < 4.78 is 11.0. The Labute approximate surface area is 187 Å². The minimum atomic E-state index is -2.47. The molecule has 1 N–H and O–H groups in total. The third-order valence-corrected chi connectivity index (χ3v) is 19.1. The summed E-state index contributed by atoms with van der Waals surface area (Å²) in [6.07, 6.45) is 11.6. The van der Waals surface area contributed by atoms with Gasteiger partial charge in [0.2, 0.25) is 0 Å². The second-order valence-electron chi connectivity index (χ2n) is 8.18. The van der Waals surface area contributed by atoms with E-state index in [-0.39, 0.29) is 0 Å². The van der Waals surface area contributed by atoms with Gasteiger partial charge in [0.1, 0.15) is 0 Å². The normalized spacial score (nSPS) is 12.0. The topological polar surface area (TPSA) is 34.1 Å². The van der Waals surface area contributed by atoms with Crippen molar-refractivity contribution in [2.45, 2.75) is 79.2 Å². The van der Waals surface area contributed by atoms with Gasteiger partial charge < -0.3 is 0 Å². The molecule has 29 heavy (non-hydrogen) atoms. The van der Waals surface area contributed by atoms with Gasteiger partial charge in [-0.25, -0.2) is 0 Å². The molecule has 0 aliphatic rings. The molecule has 0 spiro atoms. The molecule has 2 rings (SSSR count). The first-order chi connectivity index (χ1) is 14.1. The number of hydrogen-bond donors (Lipinski definition) is 1. The van der Waals surface area contributed by atoms with Crippen LogP contribution in [0, 0.1) is 0 Å². The predicted octanol–water partition coefficient (Wildman–Crippen LogP) is 7.34. The zero-order valence-electron chi connectivity index (χ0n) is 18.6. The van der Waals surface area contributed by atoms with Crippen LogP contribution in [0.5, 0.6) is 0 Å². The van der Waals surface area contributed by atoms with Crippen molar-refractivity contribution in [1.29, 1.82) is 0 Å². The van der Waals surface area contributed by atoms with Crippen molar-refractivity contribution in [3.05, 3.63) is 41.2 Å². The van der Waals surface area contributed by atoms with Crippen LogP contribution < -0.4 is 5.32 Å². The van der Waals surface area contributed by atoms with Gasteiger partial charge in [-0.15, -0.1) is 0 Å². The first kappa shape index (κ1) is 24.9. The zero-order chi connectivity index (χ0) is 21.0. The molecule has 1 heterocycles. The van der Waals surface area contributed by atoms with Crippen LogP contribution in [-0.4, -0.2) is 36.9 Å². The Morgan fingerprint density at radius 3 is 2.28 bits per heavy atom. The fraction of sp³-hybridized carbons (Fsp3) is 0.625. The monoisotopic (exact) mass is 526 g/mol. The maximum atomic E-state index is 6.79. The van der Waals surface area contributed by atoms with Crippen LogP contribution in [0.25, 0.3) is 10.8 Å². The number of pyridine rings is 1. The average molecular weight is 526 g/mol. The van der Waals surface area contributed by atoms with E-state index in [0.29, 0.717) is 0 Å². The van der Waals surface area contributed by atoms with Crippen molar-refractivity contribution in [1.82, 2.24) is 10.3 Å². The molecular formula is C24H39ClN2OSn. The summed E-state index contributed by atoms with van der Waals surface area (Å²) in [5.74, 6) is 0. The summed E-state index contributed by atoms with van der Waals surface area (Å²) in [7, 11) is 0. The number of fused-ring (bicyclic) bond motifs is 1. The Hall–Kier alpha value is -0.361. The molecule has 0 unspecified atom stereocenters. The van der Waals surface area contributed by atoms with Gasteiger partial charge >= 0.3 is 188 Å². The molecule has 0 aliphatic heterocycles. The number of benzene rings is 1. The second kappa shape index (κ2) is 13.8. The van der Waals surface area contributed by atoms with Gasteiger partial charge in [0.25, 0.3) is 0 Å². The van der Waals surface area contributed by atoms with Gasteiger partial charge in [0.15, 0.2) is 0 Å². The zero-order valence-corrected chi connectivity index (χ0v) is 22.2. The van der Waals surface area contributed by atoms with Crippen LogP contribution in [0.3, 0.4) is 0 Å². The van der Waals surface area contributed by atoms with Gasteiger partial charge in [-0.3, -0.25) is 0 Å². The molecule has 0 radical (unpaired) electrons. The fourth-order valence-corrected chi connectivity index (χ4v) is 17.7. The molecule has 0 saturated heterocycles. The van der Waals surface area contributed by atoms with E-state index >= 15 is 0 Å². The number of hydrogen-bond acceptors (Lipinski definition) is 3. The van der Waals surface area contributed by atoms with Crippen LogP contribution in [0.2, 0.25) is 18.3 Å². The van der Waals surface area contributed by atoms with Crippen molar-refractivity contribution in [2.75, 3.05) is 13.2 Å². The molecule has 5 heteroatoms. The third-order valence-electron chi connectivity index (χ3n) is 5.77. The Morgan fingerprint density at radius 2 is 1.66 bits per heavy atom. The molecule has 1 aromatic heterocycles. The van der Waals surface area contributed by atoms with Crippen molar-refractivity contribution >= 4 is 41.2 Å². The molecule has 1 aromatic carbocycles. The summed E-state index contributed by atoms with van der Waals surface area (Å²) in [6, 6.07) is 6.07. The van der Waals surface area contributed by atoms with Gasteiger partial charge in [-0.1, -0.05) is 0 Å². The molecule has 0 atom stereocenters. The number of rotatable bonds is 15. The Bertz CT molecular complexity index is 703. The molecule has 2 aromatic rings. The van der Waals surface area contributed by atoms with E-state index in [1.54, 1.807) is 0 Å². The van der Waals surface area contributed by atoms with E-state index < -0.39 is 18.8 Å². The molecule has 0 saturated carbocycles. The first-order valence-corrected chi connectivity index (χ1v) is 19.1. The average Bonchev–Trinajstić information content (AvgIpc) is 2.74. The molecule has 0 fully saturated rings. The van der Waals surface area contributed by atoms with Crippen LogP contribution in [0.15, 0.2) is 30.6 Å².